The molecule has 9 nitrogen and oxygen atoms in total. The summed E-state index contributed by atoms with van der Waals surface area (Å²) in [6.07, 6.45) is -0.781. The number of aliphatic carboxylic acids is 2. The highest BCUT2D eigenvalue weighted by Crippen LogP contribution is 2.09. The molecule has 1 rings (SSSR count). The van der Waals surface area contributed by atoms with Crippen LogP contribution in [0.25, 0.3) is 0 Å². The van der Waals surface area contributed by atoms with E-state index in [2.05, 4.69) is 0 Å². The van der Waals surface area contributed by atoms with Crippen molar-refractivity contribution in [1.82, 2.24) is 5.32 Å². The average Bonchev–Trinajstić information content (AvgIpc) is 2.36. The second-order valence-corrected chi connectivity index (χ2v) is 5.59. The third-order valence-corrected chi connectivity index (χ3v) is 3.36. The third kappa shape index (κ3) is 4.85. The van der Waals surface area contributed by atoms with Crippen LogP contribution in [0.2, 0.25) is 0 Å². The number of nitrogens with one attached hydrogen (secondary N) is 1. The molecule has 0 aliphatic carbocycles. The molecule has 1 aromatic carbocycles. The van der Waals surface area contributed by atoms with E-state index in [1.165, 1.54) is 0 Å². The fraction of sp³-hybridized carbons (Fsp3) is 0.182. The average molecular weight is 316 g/mol. The Morgan fingerprint density at radius 2 is 1.67 bits per heavy atom. The molecule has 1 unspecified atom stereocenters. The number of hydrogen-bond donors (Lipinski definition) is 4. The Morgan fingerprint density at radius 3 is 2.05 bits per heavy atom. The molecule has 0 radical (unpaired) electrons. The van der Waals surface area contributed by atoms with Crippen molar-refractivity contribution in [3.8, 4) is 0 Å². The molecule has 1 amide bonds. The van der Waals surface area contributed by atoms with E-state index in [1.54, 1.807) is 0 Å². The summed E-state index contributed by atoms with van der Waals surface area (Å²) in [5.74, 6) is -3.72. The summed E-state index contributed by atoms with van der Waals surface area (Å²) in [6.45, 7) is 0. The quantitative estimate of drug-likeness (QED) is 0.522. The minimum atomic E-state index is -3.90. The molecular weight excluding hydrogens is 304 g/mol. The smallest absolute Gasteiger partial charge is 0.326 e. The molecule has 10 heteroatoms. The van der Waals surface area contributed by atoms with E-state index in [-0.39, 0.29) is 10.5 Å². The summed E-state index contributed by atoms with van der Waals surface area (Å²) in [5.41, 5.74) is -0.0287. The van der Waals surface area contributed by atoms with E-state index in [1.807, 2.05) is 5.32 Å². The topological polar surface area (TPSA) is 164 Å². The number of primary sulfonamides is 1. The first-order valence-corrected chi connectivity index (χ1v) is 7.04. The Bertz CT molecular complexity index is 666. The molecule has 0 aliphatic rings. The second kappa shape index (κ2) is 6.33. The van der Waals surface area contributed by atoms with Crippen molar-refractivity contribution in [3.05, 3.63) is 29.8 Å². The van der Waals surface area contributed by atoms with Gasteiger partial charge in [0.2, 0.25) is 10.0 Å². The molecule has 1 atom stereocenters. The number of carboxylic acid groups (broad SMARTS) is 2. The number of hydrogen-bond acceptors (Lipinski definition) is 5. The Labute approximate surface area is 119 Å². The van der Waals surface area contributed by atoms with E-state index < -0.39 is 40.3 Å². The monoisotopic (exact) mass is 316 g/mol. The molecule has 0 spiro atoms. The van der Waals surface area contributed by atoms with Crippen LogP contribution < -0.4 is 10.5 Å². The van der Waals surface area contributed by atoms with Gasteiger partial charge in [-0.15, -0.1) is 0 Å². The summed E-state index contributed by atoms with van der Waals surface area (Å²) in [7, 11) is -3.90. The zero-order chi connectivity index (χ0) is 16.2. The molecule has 114 valence electrons. The number of nitrogens with two attached hydrogens (primary N) is 1. The maximum Gasteiger partial charge on any atom is 0.326 e. The van der Waals surface area contributed by atoms with Crippen LogP contribution in [0.3, 0.4) is 0 Å². The van der Waals surface area contributed by atoms with Gasteiger partial charge in [-0.05, 0) is 24.3 Å². The third-order valence-electron chi connectivity index (χ3n) is 2.43. The van der Waals surface area contributed by atoms with Gasteiger partial charge in [0.05, 0.1) is 11.3 Å². The second-order valence-electron chi connectivity index (χ2n) is 4.03. The minimum Gasteiger partial charge on any atom is -0.481 e. The Hall–Kier alpha value is -2.46. The lowest BCUT2D eigenvalue weighted by Gasteiger charge is -2.12. The van der Waals surface area contributed by atoms with Crippen molar-refractivity contribution in [1.29, 1.82) is 0 Å². The Balaban J connectivity index is 2.88. The van der Waals surface area contributed by atoms with Crippen molar-refractivity contribution in [3.63, 3.8) is 0 Å². The Morgan fingerprint density at radius 1 is 1.14 bits per heavy atom. The van der Waals surface area contributed by atoms with Crippen LogP contribution in [0.5, 0.6) is 0 Å². The molecule has 5 N–H and O–H groups in total. The SMILES string of the molecule is NS(=O)(=O)c1ccc(C(=O)NC(CC(=O)O)C(=O)O)cc1. The van der Waals surface area contributed by atoms with Crippen molar-refractivity contribution in [2.45, 2.75) is 17.4 Å². The van der Waals surface area contributed by atoms with Gasteiger partial charge in [0.15, 0.2) is 0 Å². The van der Waals surface area contributed by atoms with Gasteiger partial charge in [-0.25, -0.2) is 18.4 Å². The zero-order valence-corrected chi connectivity index (χ0v) is 11.3. The molecule has 0 aliphatic heterocycles. The molecule has 0 fully saturated rings. The van der Waals surface area contributed by atoms with Gasteiger partial charge < -0.3 is 15.5 Å². The summed E-state index contributed by atoms with van der Waals surface area (Å²) in [6, 6.07) is 2.84. The van der Waals surface area contributed by atoms with Gasteiger partial charge in [-0.1, -0.05) is 0 Å². The predicted octanol–water partition coefficient (Wildman–Crippen LogP) is -1.01. The van der Waals surface area contributed by atoms with Crippen LogP contribution in [0, 0.1) is 0 Å². The summed E-state index contributed by atoms with van der Waals surface area (Å²) in [5, 5.41) is 24.3. The molecule has 0 bridgehead atoms. The van der Waals surface area contributed by atoms with E-state index in [0.29, 0.717) is 0 Å². The van der Waals surface area contributed by atoms with Crippen molar-refractivity contribution in [2.75, 3.05) is 0 Å². The Kier molecular flexibility index (Phi) is 5.00. The maximum absolute atomic E-state index is 11.8. The molecule has 21 heavy (non-hydrogen) atoms. The number of rotatable bonds is 6. The number of sulfonamides is 1. The van der Waals surface area contributed by atoms with Crippen LogP contribution in [0.4, 0.5) is 0 Å². The highest BCUT2D eigenvalue weighted by molar-refractivity contribution is 7.89. The van der Waals surface area contributed by atoms with Gasteiger partial charge in [0, 0.05) is 5.56 Å². The van der Waals surface area contributed by atoms with Crippen molar-refractivity contribution < 1.29 is 33.0 Å². The zero-order valence-electron chi connectivity index (χ0n) is 10.5. The van der Waals surface area contributed by atoms with Gasteiger partial charge in [-0.3, -0.25) is 9.59 Å². The lowest BCUT2D eigenvalue weighted by atomic mass is 10.1. The highest BCUT2D eigenvalue weighted by atomic mass is 32.2. The van der Waals surface area contributed by atoms with Crippen LogP contribution >= 0.6 is 0 Å². The molecule has 0 aromatic heterocycles. The molecule has 0 heterocycles. The first kappa shape index (κ1) is 16.6. The first-order chi connectivity index (χ1) is 9.61. The first-order valence-electron chi connectivity index (χ1n) is 5.49. The number of amides is 1. The number of carboxylic acids is 2. The van der Waals surface area contributed by atoms with Gasteiger partial charge in [0.1, 0.15) is 6.04 Å². The molecule has 0 saturated carbocycles. The number of benzene rings is 1. The van der Waals surface area contributed by atoms with Crippen LogP contribution in [0.15, 0.2) is 29.2 Å². The minimum absolute atomic E-state index is 0.0287. The van der Waals surface area contributed by atoms with Gasteiger partial charge in [-0.2, -0.15) is 0 Å². The summed E-state index contributed by atoms with van der Waals surface area (Å²) >= 11 is 0. The molecule has 1 aromatic rings. The standard InChI is InChI=1S/C11H12N2O7S/c12-21(19,20)7-3-1-6(2-4-7)10(16)13-8(11(17)18)5-9(14)15/h1-4,8H,5H2,(H,13,16)(H,14,15)(H,17,18)(H2,12,19,20). The fourth-order valence-electron chi connectivity index (χ4n) is 1.41. The van der Waals surface area contributed by atoms with E-state index >= 15 is 0 Å². The van der Waals surface area contributed by atoms with Crippen molar-refractivity contribution in [2.24, 2.45) is 5.14 Å². The lowest BCUT2D eigenvalue weighted by molar-refractivity contribution is -0.145. The van der Waals surface area contributed by atoms with E-state index in [0.717, 1.165) is 24.3 Å². The van der Waals surface area contributed by atoms with Crippen LogP contribution in [-0.2, 0) is 19.6 Å². The summed E-state index contributed by atoms with van der Waals surface area (Å²) in [4.78, 5) is 32.9. The van der Waals surface area contributed by atoms with E-state index in [4.69, 9.17) is 15.4 Å². The number of carbonyl (C=O) groups excluding carboxylic acids is 1. The largest absolute Gasteiger partial charge is 0.481 e. The van der Waals surface area contributed by atoms with Gasteiger partial charge >= 0.3 is 11.9 Å². The normalized spacial score (nSPS) is 12.4. The number of carbonyl (C=O) groups is 3. The van der Waals surface area contributed by atoms with Crippen molar-refractivity contribution >= 4 is 27.9 Å². The van der Waals surface area contributed by atoms with E-state index in [9.17, 15) is 22.8 Å². The predicted molar refractivity (Wildman–Crippen MR) is 69.0 cm³/mol. The summed E-state index contributed by atoms with van der Waals surface area (Å²) < 4.78 is 22.1. The highest BCUT2D eigenvalue weighted by Gasteiger charge is 2.23. The van der Waals surface area contributed by atoms with Crippen LogP contribution in [0.1, 0.15) is 16.8 Å². The molecular formula is C11H12N2O7S. The lowest BCUT2D eigenvalue weighted by Crippen LogP contribution is -2.42. The maximum atomic E-state index is 11.8. The molecule has 0 saturated heterocycles. The van der Waals surface area contributed by atoms with Crippen LogP contribution in [-0.4, -0.2) is 42.5 Å². The van der Waals surface area contributed by atoms with Gasteiger partial charge in [0.25, 0.3) is 5.91 Å². The fourth-order valence-corrected chi connectivity index (χ4v) is 1.93.